The van der Waals surface area contributed by atoms with Crippen molar-refractivity contribution in [3.05, 3.63) is 64.8 Å². The number of para-hydroxylation sites is 1. The molecule has 3 rings (SSSR count). The van der Waals surface area contributed by atoms with Crippen LogP contribution in [0.2, 0.25) is 5.02 Å². The Balaban J connectivity index is 1.91. The van der Waals surface area contributed by atoms with Gasteiger partial charge in [0.15, 0.2) is 0 Å². The van der Waals surface area contributed by atoms with E-state index in [0.717, 1.165) is 27.8 Å². The summed E-state index contributed by atoms with van der Waals surface area (Å²) in [5, 5.41) is 14.9. The standard InChI is InChI=1S/C17H15ClN2O/c1-11-5-6-12-3-2-4-15(17(12)20-11)19-10-13-9-14(18)7-8-16(13)21/h2-9,19,21H,10H2,1H3. The van der Waals surface area contributed by atoms with Crippen LogP contribution in [0.5, 0.6) is 5.75 Å². The third-order valence-electron chi connectivity index (χ3n) is 3.37. The zero-order chi connectivity index (χ0) is 14.8. The van der Waals surface area contributed by atoms with Crippen LogP contribution < -0.4 is 5.32 Å². The van der Waals surface area contributed by atoms with Crippen LogP contribution >= 0.6 is 11.6 Å². The van der Waals surface area contributed by atoms with Gasteiger partial charge < -0.3 is 10.4 Å². The fraction of sp³-hybridized carbons (Fsp3) is 0.118. The predicted octanol–water partition coefficient (Wildman–Crippen LogP) is 4.51. The number of anilines is 1. The number of pyridine rings is 1. The van der Waals surface area contributed by atoms with E-state index in [0.29, 0.717) is 11.6 Å². The number of aromatic hydroxyl groups is 1. The molecule has 0 spiro atoms. The highest BCUT2D eigenvalue weighted by Crippen LogP contribution is 2.25. The minimum absolute atomic E-state index is 0.233. The van der Waals surface area contributed by atoms with Crippen molar-refractivity contribution in [3.8, 4) is 5.75 Å². The molecule has 3 nitrogen and oxygen atoms in total. The van der Waals surface area contributed by atoms with Crippen LogP contribution in [0, 0.1) is 6.92 Å². The molecule has 0 fully saturated rings. The summed E-state index contributed by atoms with van der Waals surface area (Å²) in [7, 11) is 0. The lowest BCUT2D eigenvalue weighted by atomic mass is 10.1. The second-order valence-electron chi connectivity index (χ2n) is 4.96. The van der Waals surface area contributed by atoms with Crippen LogP contribution in [-0.4, -0.2) is 10.1 Å². The number of benzene rings is 2. The minimum Gasteiger partial charge on any atom is -0.508 e. The lowest BCUT2D eigenvalue weighted by molar-refractivity contribution is 0.469. The van der Waals surface area contributed by atoms with Crippen LogP contribution in [0.15, 0.2) is 48.5 Å². The van der Waals surface area contributed by atoms with Gasteiger partial charge in [-0.3, -0.25) is 4.98 Å². The molecule has 2 N–H and O–H groups in total. The molecule has 106 valence electrons. The number of phenols is 1. The number of rotatable bonds is 3. The van der Waals surface area contributed by atoms with Gasteiger partial charge in [-0.2, -0.15) is 0 Å². The molecule has 4 heteroatoms. The normalized spacial score (nSPS) is 10.8. The van der Waals surface area contributed by atoms with Gasteiger partial charge >= 0.3 is 0 Å². The smallest absolute Gasteiger partial charge is 0.120 e. The molecule has 3 aromatic rings. The number of fused-ring (bicyclic) bond motifs is 1. The summed E-state index contributed by atoms with van der Waals surface area (Å²) < 4.78 is 0. The molecule has 0 amide bonds. The van der Waals surface area contributed by atoms with Gasteiger partial charge in [-0.05, 0) is 37.3 Å². The van der Waals surface area contributed by atoms with Gasteiger partial charge in [-0.25, -0.2) is 0 Å². The molecule has 0 unspecified atom stereocenters. The summed E-state index contributed by atoms with van der Waals surface area (Å²) in [6.07, 6.45) is 0. The van der Waals surface area contributed by atoms with Gasteiger partial charge in [0.2, 0.25) is 0 Å². The van der Waals surface area contributed by atoms with Crippen molar-refractivity contribution < 1.29 is 5.11 Å². The number of hydrogen-bond donors (Lipinski definition) is 2. The first-order valence-corrected chi connectivity index (χ1v) is 7.09. The number of phenolic OH excluding ortho intramolecular Hbond substituents is 1. The molecule has 1 aromatic heterocycles. The van der Waals surface area contributed by atoms with Crippen LogP contribution in [0.4, 0.5) is 5.69 Å². The van der Waals surface area contributed by atoms with Crippen molar-refractivity contribution in [3.63, 3.8) is 0 Å². The van der Waals surface area contributed by atoms with Crippen LogP contribution in [-0.2, 0) is 6.54 Å². The van der Waals surface area contributed by atoms with Gasteiger partial charge in [0.25, 0.3) is 0 Å². The number of nitrogens with one attached hydrogen (secondary N) is 1. The Kier molecular flexibility index (Phi) is 3.67. The van der Waals surface area contributed by atoms with Crippen molar-refractivity contribution in [2.24, 2.45) is 0 Å². The molecular weight excluding hydrogens is 284 g/mol. The van der Waals surface area contributed by atoms with Gasteiger partial charge in [0, 0.05) is 28.2 Å². The summed E-state index contributed by atoms with van der Waals surface area (Å²) in [6.45, 7) is 2.46. The zero-order valence-electron chi connectivity index (χ0n) is 11.6. The van der Waals surface area contributed by atoms with E-state index in [-0.39, 0.29) is 5.75 Å². The van der Waals surface area contributed by atoms with Crippen molar-refractivity contribution >= 4 is 28.2 Å². The molecule has 0 radical (unpaired) electrons. The Bertz CT molecular complexity index is 802. The number of aromatic nitrogens is 1. The first-order valence-electron chi connectivity index (χ1n) is 6.71. The summed E-state index contributed by atoms with van der Waals surface area (Å²) >= 11 is 5.96. The molecule has 0 aliphatic carbocycles. The Morgan fingerprint density at radius 1 is 1.14 bits per heavy atom. The molecule has 21 heavy (non-hydrogen) atoms. The lowest BCUT2D eigenvalue weighted by Gasteiger charge is -2.11. The van der Waals surface area contributed by atoms with Crippen molar-refractivity contribution in [1.29, 1.82) is 0 Å². The van der Waals surface area contributed by atoms with Crippen LogP contribution in [0.1, 0.15) is 11.3 Å². The molecule has 0 saturated carbocycles. The molecule has 0 aliphatic heterocycles. The maximum atomic E-state index is 9.86. The molecule has 0 aliphatic rings. The first-order chi connectivity index (χ1) is 10.1. The largest absolute Gasteiger partial charge is 0.508 e. The fourth-order valence-corrected chi connectivity index (χ4v) is 2.47. The number of aryl methyl sites for hydroxylation is 1. The first kappa shape index (κ1) is 13.7. The summed E-state index contributed by atoms with van der Waals surface area (Å²) in [4.78, 5) is 4.58. The Hall–Kier alpha value is -2.26. The van der Waals surface area contributed by atoms with E-state index in [1.54, 1.807) is 18.2 Å². The van der Waals surface area contributed by atoms with E-state index in [2.05, 4.69) is 16.4 Å². The Morgan fingerprint density at radius 2 is 2.00 bits per heavy atom. The average molecular weight is 299 g/mol. The van der Waals surface area contributed by atoms with Gasteiger partial charge in [-0.1, -0.05) is 29.8 Å². The highest BCUT2D eigenvalue weighted by atomic mass is 35.5. The molecule has 1 heterocycles. The van der Waals surface area contributed by atoms with E-state index in [4.69, 9.17) is 11.6 Å². The average Bonchev–Trinajstić information content (AvgIpc) is 2.48. The summed E-state index contributed by atoms with van der Waals surface area (Å²) in [6, 6.07) is 15.1. The number of nitrogens with zero attached hydrogens (tertiary/aromatic N) is 1. The topological polar surface area (TPSA) is 45.1 Å². The quantitative estimate of drug-likeness (QED) is 0.747. The van der Waals surface area contributed by atoms with Crippen LogP contribution in [0.25, 0.3) is 10.9 Å². The second kappa shape index (κ2) is 5.62. The lowest BCUT2D eigenvalue weighted by Crippen LogP contribution is -2.01. The molecule has 0 atom stereocenters. The Morgan fingerprint density at radius 3 is 2.86 bits per heavy atom. The predicted molar refractivity (Wildman–Crippen MR) is 86.9 cm³/mol. The zero-order valence-corrected chi connectivity index (χ0v) is 12.4. The van der Waals surface area contributed by atoms with E-state index >= 15 is 0 Å². The van der Waals surface area contributed by atoms with Gasteiger partial charge in [0.05, 0.1) is 11.2 Å². The molecular formula is C17H15ClN2O. The number of halogens is 1. The maximum Gasteiger partial charge on any atom is 0.120 e. The molecule has 2 aromatic carbocycles. The highest BCUT2D eigenvalue weighted by molar-refractivity contribution is 6.30. The van der Waals surface area contributed by atoms with Crippen LogP contribution in [0.3, 0.4) is 0 Å². The number of hydrogen-bond acceptors (Lipinski definition) is 3. The second-order valence-corrected chi connectivity index (χ2v) is 5.39. The molecule has 0 bridgehead atoms. The fourth-order valence-electron chi connectivity index (χ4n) is 2.27. The van der Waals surface area contributed by atoms with E-state index in [1.807, 2.05) is 31.2 Å². The van der Waals surface area contributed by atoms with Gasteiger partial charge in [-0.15, -0.1) is 0 Å². The Labute approximate surface area is 128 Å². The maximum absolute atomic E-state index is 9.86. The third-order valence-corrected chi connectivity index (χ3v) is 3.61. The highest BCUT2D eigenvalue weighted by Gasteiger charge is 2.05. The van der Waals surface area contributed by atoms with Crippen molar-refractivity contribution in [2.75, 3.05) is 5.32 Å². The van der Waals surface area contributed by atoms with Crippen molar-refractivity contribution in [1.82, 2.24) is 4.98 Å². The monoisotopic (exact) mass is 298 g/mol. The summed E-state index contributed by atoms with van der Waals surface area (Å²) in [5.41, 5.74) is 3.60. The van der Waals surface area contributed by atoms with E-state index in [1.165, 1.54) is 0 Å². The van der Waals surface area contributed by atoms with Gasteiger partial charge in [0.1, 0.15) is 5.75 Å². The SMILES string of the molecule is Cc1ccc2cccc(NCc3cc(Cl)ccc3O)c2n1. The summed E-state index contributed by atoms with van der Waals surface area (Å²) in [5.74, 6) is 0.233. The van der Waals surface area contributed by atoms with E-state index in [9.17, 15) is 5.11 Å². The minimum atomic E-state index is 0.233. The van der Waals surface area contributed by atoms with Crippen molar-refractivity contribution in [2.45, 2.75) is 13.5 Å². The van der Waals surface area contributed by atoms with E-state index < -0.39 is 0 Å². The molecule has 0 saturated heterocycles. The third kappa shape index (κ3) is 2.93.